The van der Waals surface area contributed by atoms with Crippen molar-refractivity contribution in [3.63, 3.8) is 0 Å². The van der Waals surface area contributed by atoms with Crippen molar-refractivity contribution in [1.29, 1.82) is 0 Å². The highest BCUT2D eigenvalue weighted by Crippen LogP contribution is 2.26. The first-order chi connectivity index (χ1) is 13.1. The summed E-state index contributed by atoms with van der Waals surface area (Å²) in [6.07, 6.45) is 5.38. The summed E-state index contributed by atoms with van der Waals surface area (Å²) in [5, 5.41) is 12.4. The van der Waals surface area contributed by atoms with Crippen LogP contribution in [0.4, 0.5) is 5.13 Å². The van der Waals surface area contributed by atoms with Crippen LogP contribution in [0.5, 0.6) is 5.75 Å². The zero-order chi connectivity index (χ0) is 19.2. The van der Waals surface area contributed by atoms with Gasteiger partial charge < -0.3 is 4.74 Å². The molecule has 1 N–H and O–H groups in total. The van der Waals surface area contributed by atoms with E-state index in [2.05, 4.69) is 27.4 Å². The van der Waals surface area contributed by atoms with Gasteiger partial charge in [0.15, 0.2) is 0 Å². The number of hydrogen-bond donors (Lipinski definition) is 1. The first-order valence-electron chi connectivity index (χ1n) is 8.83. The molecular weight excluding hydrogens is 360 g/mol. The molecule has 1 amide bonds. The number of carbonyl (C=O) groups is 1. The molecule has 0 atom stereocenters. The monoisotopic (exact) mass is 382 g/mol. The van der Waals surface area contributed by atoms with Gasteiger partial charge in [0.1, 0.15) is 17.4 Å². The van der Waals surface area contributed by atoms with Crippen LogP contribution in [0.1, 0.15) is 45.4 Å². The van der Waals surface area contributed by atoms with Crippen LogP contribution in [0.25, 0.3) is 0 Å². The molecule has 27 heavy (non-hydrogen) atoms. The molecule has 2 aromatic heterocycles. The summed E-state index contributed by atoms with van der Waals surface area (Å²) in [6.45, 7) is 6.40. The number of pyridine rings is 1. The third-order valence-corrected chi connectivity index (χ3v) is 4.88. The second-order valence-corrected chi connectivity index (χ2v) is 7.36. The number of anilines is 1. The normalized spacial score (nSPS) is 10.6. The molecule has 3 rings (SSSR count). The van der Waals surface area contributed by atoms with Crippen LogP contribution in [0.15, 0.2) is 36.7 Å². The quantitative estimate of drug-likeness (QED) is 0.658. The Labute approximate surface area is 162 Å². The van der Waals surface area contributed by atoms with Crippen molar-refractivity contribution in [2.24, 2.45) is 0 Å². The van der Waals surface area contributed by atoms with Gasteiger partial charge in [-0.25, -0.2) is 0 Å². The van der Waals surface area contributed by atoms with Crippen molar-refractivity contribution in [2.45, 2.75) is 40.2 Å². The van der Waals surface area contributed by atoms with E-state index in [-0.39, 0.29) is 5.91 Å². The van der Waals surface area contributed by atoms with Gasteiger partial charge in [0.05, 0.1) is 0 Å². The molecule has 0 saturated carbocycles. The molecule has 0 fully saturated rings. The summed E-state index contributed by atoms with van der Waals surface area (Å²) in [5.74, 6) is 0.593. The van der Waals surface area contributed by atoms with Gasteiger partial charge in [-0.2, -0.15) is 0 Å². The fraction of sp³-hybridized carbons (Fsp3) is 0.300. The van der Waals surface area contributed by atoms with Crippen LogP contribution in [0.2, 0.25) is 0 Å². The van der Waals surface area contributed by atoms with Crippen molar-refractivity contribution in [1.82, 2.24) is 15.2 Å². The Hall–Kier alpha value is -2.80. The van der Waals surface area contributed by atoms with Gasteiger partial charge in [0, 0.05) is 29.9 Å². The second-order valence-electron chi connectivity index (χ2n) is 6.29. The molecule has 0 radical (unpaired) electrons. The summed E-state index contributed by atoms with van der Waals surface area (Å²) in [7, 11) is 0. The highest BCUT2D eigenvalue weighted by molar-refractivity contribution is 7.15. The van der Waals surface area contributed by atoms with Gasteiger partial charge in [0.25, 0.3) is 5.91 Å². The number of ether oxygens (including phenoxy) is 1. The zero-order valence-electron chi connectivity index (χ0n) is 15.7. The SMILES string of the molecule is CCCc1nnc(NC(=O)c2cc(C)c(OCc3cccnc3)c(C)c2)s1. The van der Waals surface area contributed by atoms with Crippen molar-refractivity contribution >= 4 is 22.4 Å². The largest absolute Gasteiger partial charge is 0.488 e. The lowest BCUT2D eigenvalue weighted by Gasteiger charge is -2.14. The average Bonchev–Trinajstić information content (AvgIpc) is 3.09. The molecule has 2 heterocycles. The summed E-state index contributed by atoms with van der Waals surface area (Å²) >= 11 is 1.41. The Bertz CT molecular complexity index is 902. The van der Waals surface area contributed by atoms with Crippen LogP contribution in [-0.4, -0.2) is 21.1 Å². The molecule has 0 saturated heterocycles. The number of aromatic nitrogens is 3. The number of hydrogen-bond acceptors (Lipinski definition) is 6. The fourth-order valence-electron chi connectivity index (χ4n) is 2.74. The van der Waals surface area contributed by atoms with Gasteiger partial charge in [-0.1, -0.05) is 24.3 Å². The molecular formula is C20H22N4O2S. The van der Waals surface area contributed by atoms with Crippen LogP contribution in [0, 0.1) is 13.8 Å². The number of benzene rings is 1. The van der Waals surface area contributed by atoms with E-state index in [1.165, 1.54) is 11.3 Å². The minimum atomic E-state index is -0.195. The Kier molecular flexibility index (Phi) is 6.13. The van der Waals surface area contributed by atoms with Gasteiger partial charge in [0.2, 0.25) is 5.13 Å². The lowest BCUT2D eigenvalue weighted by Crippen LogP contribution is -2.12. The van der Waals surface area contributed by atoms with Crippen molar-refractivity contribution < 1.29 is 9.53 Å². The van der Waals surface area contributed by atoms with E-state index in [1.807, 2.05) is 38.1 Å². The maximum absolute atomic E-state index is 12.6. The molecule has 3 aromatic rings. The van der Waals surface area contributed by atoms with Gasteiger partial charge in [-0.3, -0.25) is 15.1 Å². The standard InChI is InChI=1S/C20H22N4O2S/c1-4-6-17-23-24-20(27-17)22-19(25)16-9-13(2)18(14(3)10-16)26-12-15-7-5-8-21-11-15/h5,7-11H,4,6,12H2,1-3H3,(H,22,24,25). The Morgan fingerprint density at radius 1 is 1.22 bits per heavy atom. The van der Waals surface area contributed by atoms with Gasteiger partial charge in [-0.05, 0) is 49.6 Å². The predicted molar refractivity (Wildman–Crippen MR) is 106 cm³/mol. The second kappa shape index (κ2) is 8.73. The van der Waals surface area contributed by atoms with E-state index in [0.717, 1.165) is 40.3 Å². The van der Waals surface area contributed by atoms with Crippen molar-refractivity contribution in [2.75, 3.05) is 5.32 Å². The summed E-state index contributed by atoms with van der Waals surface area (Å²) < 4.78 is 5.94. The van der Waals surface area contributed by atoms with E-state index in [4.69, 9.17) is 4.74 Å². The van der Waals surface area contributed by atoms with E-state index in [1.54, 1.807) is 12.4 Å². The third-order valence-electron chi connectivity index (χ3n) is 3.98. The lowest BCUT2D eigenvalue weighted by atomic mass is 10.1. The molecule has 6 nitrogen and oxygen atoms in total. The molecule has 0 unspecified atom stereocenters. The summed E-state index contributed by atoms with van der Waals surface area (Å²) in [5.41, 5.74) is 3.39. The van der Waals surface area contributed by atoms with Gasteiger partial charge >= 0.3 is 0 Å². The first-order valence-corrected chi connectivity index (χ1v) is 9.65. The smallest absolute Gasteiger partial charge is 0.257 e. The van der Waals surface area contributed by atoms with Crippen LogP contribution >= 0.6 is 11.3 Å². The van der Waals surface area contributed by atoms with Crippen molar-refractivity contribution in [3.8, 4) is 5.75 Å². The molecule has 0 aliphatic heterocycles. The molecule has 0 bridgehead atoms. The van der Waals surface area contributed by atoms with Crippen LogP contribution in [0.3, 0.4) is 0 Å². The Balaban J connectivity index is 1.70. The summed E-state index contributed by atoms with van der Waals surface area (Å²) in [4.78, 5) is 16.6. The number of nitrogens with zero attached hydrogens (tertiary/aromatic N) is 3. The van der Waals surface area contributed by atoms with E-state index in [9.17, 15) is 4.79 Å². The lowest BCUT2D eigenvalue weighted by molar-refractivity contribution is 0.102. The maximum Gasteiger partial charge on any atom is 0.257 e. The highest BCUT2D eigenvalue weighted by atomic mass is 32.1. The van der Waals surface area contributed by atoms with Crippen LogP contribution < -0.4 is 10.1 Å². The number of aryl methyl sites for hydroxylation is 3. The topological polar surface area (TPSA) is 77.0 Å². The fourth-order valence-corrected chi connectivity index (χ4v) is 3.57. The number of rotatable bonds is 7. The highest BCUT2D eigenvalue weighted by Gasteiger charge is 2.14. The Morgan fingerprint density at radius 3 is 2.67 bits per heavy atom. The minimum Gasteiger partial charge on any atom is -0.488 e. The number of nitrogens with one attached hydrogen (secondary N) is 1. The molecule has 0 spiro atoms. The minimum absolute atomic E-state index is 0.195. The Morgan fingerprint density at radius 2 is 2.00 bits per heavy atom. The average molecular weight is 382 g/mol. The van der Waals surface area contributed by atoms with E-state index < -0.39 is 0 Å². The van der Waals surface area contributed by atoms with E-state index in [0.29, 0.717) is 17.3 Å². The molecule has 7 heteroatoms. The third kappa shape index (κ3) is 4.89. The maximum atomic E-state index is 12.6. The first kappa shape index (κ1) is 19.0. The number of carbonyl (C=O) groups excluding carboxylic acids is 1. The van der Waals surface area contributed by atoms with E-state index >= 15 is 0 Å². The predicted octanol–water partition coefficient (Wildman–Crippen LogP) is 4.33. The van der Waals surface area contributed by atoms with Crippen LogP contribution in [-0.2, 0) is 13.0 Å². The molecule has 1 aromatic carbocycles. The molecule has 140 valence electrons. The zero-order valence-corrected chi connectivity index (χ0v) is 16.5. The number of amides is 1. The summed E-state index contributed by atoms with van der Waals surface area (Å²) in [6, 6.07) is 7.50. The van der Waals surface area contributed by atoms with Gasteiger partial charge in [-0.15, -0.1) is 10.2 Å². The molecule has 0 aliphatic carbocycles. The van der Waals surface area contributed by atoms with Crippen molar-refractivity contribution in [3.05, 3.63) is 63.9 Å². The molecule has 0 aliphatic rings.